The molecule has 0 saturated heterocycles. The molecule has 0 spiro atoms. The molecule has 0 radical (unpaired) electrons. The summed E-state index contributed by atoms with van der Waals surface area (Å²) in [5.41, 5.74) is 2.02. The lowest BCUT2D eigenvalue weighted by molar-refractivity contribution is 0.280. The number of hydrogen-bond acceptors (Lipinski definition) is 3. The van der Waals surface area contributed by atoms with Crippen LogP contribution in [0.3, 0.4) is 0 Å². The largest absolute Gasteiger partial charge is 0.493 e. The van der Waals surface area contributed by atoms with E-state index in [2.05, 4.69) is 19.2 Å². The van der Waals surface area contributed by atoms with Gasteiger partial charge in [-0.15, -0.1) is 0 Å². The maximum atomic E-state index is 6.06. The quantitative estimate of drug-likeness (QED) is 0.670. The first-order chi connectivity index (χ1) is 11.5. The maximum Gasteiger partial charge on any atom is 0.166 e. The van der Waals surface area contributed by atoms with E-state index >= 15 is 0 Å². The summed E-state index contributed by atoms with van der Waals surface area (Å²) in [5.74, 6) is 1.47. The number of nitrogens with one attached hydrogen (secondary N) is 1. The van der Waals surface area contributed by atoms with Gasteiger partial charge in [0.2, 0.25) is 0 Å². The van der Waals surface area contributed by atoms with Crippen LogP contribution in [-0.4, -0.2) is 13.2 Å². The Morgan fingerprint density at radius 3 is 2.58 bits per heavy atom. The van der Waals surface area contributed by atoms with Crippen LogP contribution in [-0.2, 0) is 13.2 Å². The van der Waals surface area contributed by atoms with Gasteiger partial charge in [-0.25, -0.2) is 0 Å². The van der Waals surface area contributed by atoms with Crippen molar-refractivity contribution in [2.24, 2.45) is 0 Å². The molecule has 2 rings (SSSR count). The molecule has 1 N–H and O–H groups in total. The summed E-state index contributed by atoms with van der Waals surface area (Å²) in [4.78, 5) is 0. The number of methoxy groups -OCH3 is 1. The zero-order chi connectivity index (χ0) is 17.5. The first kappa shape index (κ1) is 18.9. The Balaban J connectivity index is 2.15. The summed E-state index contributed by atoms with van der Waals surface area (Å²) < 4.78 is 11.5. The minimum Gasteiger partial charge on any atom is -0.493 e. The molecule has 1 atom stereocenters. The van der Waals surface area contributed by atoms with Crippen molar-refractivity contribution in [1.82, 2.24) is 5.32 Å². The van der Waals surface area contributed by atoms with Crippen LogP contribution in [0, 0.1) is 0 Å². The third-order valence-corrected chi connectivity index (χ3v) is 4.64. The van der Waals surface area contributed by atoms with E-state index in [1.807, 2.05) is 30.3 Å². The fourth-order valence-electron chi connectivity index (χ4n) is 2.24. The first-order valence-corrected chi connectivity index (χ1v) is 8.76. The summed E-state index contributed by atoms with van der Waals surface area (Å²) in [7, 11) is 1.65. The summed E-state index contributed by atoms with van der Waals surface area (Å²) in [6.45, 7) is 5.44. The third-order valence-electron chi connectivity index (χ3n) is 3.90. The molecular weight excluding hydrogens is 345 g/mol. The van der Waals surface area contributed by atoms with Crippen LogP contribution in [0.5, 0.6) is 11.5 Å². The molecule has 2 aromatic carbocycles. The Bertz CT molecular complexity index is 676. The molecule has 0 unspecified atom stereocenters. The van der Waals surface area contributed by atoms with Crippen molar-refractivity contribution in [3.63, 3.8) is 0 Å². The van der Waals surface area contributed by atoms with Crippen molar-refractivity contribution in [3.8, 4) is 11.5 Å². The Labute approximate surface area is 153 Å². The van der Waals surface area contributed by atoms with Crippen LogP contribution >= 0.6 is 23.2 Å². The molecule has 0 saturated carbocycles. The van der Waals surface area contributed by atoms with Crippen molar-refractivity contribution in [3.05, 3.63) is 57.6 Å². The maximum absolute atomic E-state index is 6.06. The molecule has 0 aliphatic heterocycles. The summed E-state index contributed by atoms with van der Waals surface area (Å²) in [5, 5.41) is 4.54. The zero-order valence-electron chi connectivity index (χ0n) is 14.2. The molecule has 0 aliphatic carbocycles. The van der Waals surface area contributed by atoms with Crippen LogP contribution in [0.1, 0.15) is 31.4 Å². The highest BCUT2D eigenvalue weighted by atomic mass is 35.5. The molecule has 130 valence electrons. The van der Waals surface area contributed by atoms with Gasteiger partial charge in [0.15, 0.2) is 11.5 Å². The van der Waals surface area contributed by atoms with E-state index in [-0.39, 0.29) is 0 Å². The van der Waals surface area contributed by atoms with Gasteiger partial charge < -0.3 is 14.8 Å². The second kappa shape index (κ2) is 9.16. The standard InChI is InChI=1S/C19H23Cl2NO2/c1-4-13(2)22-11-15-6-5-7-18(23-3)19(15)24-12-14-8-9-16(20)17(21)10-14/h5-10,13,22H,4,11-12H2,1-3H3/t13-/m1/s1. The van der Waals surface area contributed by atoms with E-state index in [0.717, 1.165) is 35.6 Å². The lowest BCUT2D eigenvalue weighted by Gasteiger charge is -2.17. The van der Waals surface area contributed by atoms with E-state index in [1.54, 1.807) is 13.2 Å². The minimum atomic E-state index is 0.396. The van der Waals surface area contributed by atoms with Crippen LogP contribution in [0.4, 0.5) is 0 Å². The van der Waals surface area contributed by atoms with Crippen molar-refractivity contribution in [2.45, 2.75) is 39.5 Å². The number of benzene rings is 2. The van der Waals surface area contributed by atoms with Gasteiger partial charge in [0.25, 0.3) is 0 Å². The molecule has 0 heterocycles. The highest BCUT2D eigenvalue weighted by molar-refractivity contribution is 6.42. The van der Waals surface area contributed by atoms with E-state index in [0.29, 0.717) is 22.7 Å². The van der Waals surface area contributed by atoms with Crippen molar-refractivity contribution in [1.29, 1.82) is 0 Å². The zero-order valence-corrected chi connectivity index (χ0v) is 15.7. The SMILES string of the molecule is CC[C@@H](C)NCc1cccc(OC)c1OCc1ccc(Cl)c(Cl)c1. The van der Waals surface area contributed by atoms with Crippen LogP contribution in [0.25, 0.3) is 0 Å². The fourth-order valence-corrected chi connectivity index (χ4v) is 2.56. The molecule has 0 aliphatic rings. The van der Waals surface area contributed by atoms with Crippen LogP contribution in [0.15, 0.2) is 36.4 Å². The Morgan fingerprint density at radius 2 is 1.92 bits per heavy atom. The summed E-state index contributed by atoms with van der Waals surface area (Å²) >= 11 is 12.0. The number of halogens is 2. The smallest absolute Gasteiger partial charge is 0.166 e. The highest BCUT2D eigenvalue weighted by Gasteiger charge is 2.12. The fraction of sp³-hybridized carbons (Fsp3) is 0.368. The molecule has 24 heavy (non-hydrogen) atoms. The van der Waals surface area contributed by atoms with E-state index in [9.17, 15) is 0 Å². The predicted molar refractivity (Wildman–Crippen MR) is 100 cm³/mol. The Hall–Kier alpha value is -1.42. The van der Waals surface area contributed by atoms with Crippen LogP contribution < -0.4 is 14.8 Å². The Morgan fingerprint density at radius 1 is 1.12 bits per heavy atom. The van der Waals surface area contributed by atoms with E-state index in [1.165, 1.54) is 0 Å². The molecule has 0 aromatic heterocycles. The molecule has 0 fully saturated rings. The minimum absolute atomic E-state index is 0.396. The molecule has 2 aromatic rings. The van der Waals surface area contributed by atoms with Gasteiger partial charge in [0, 0.05) is 18.2 Å². The lowest BCUT2D eigenvalue weighted by atomic mass is 10.1. The average molecular weight is 368 g/mol. The number of ether oxygens (including phenoxy) is 2. The van der Waals surface area contributed by atoms with Gasteiger partial charge >= 0.3 is 0 Å². The van der Waals surface area contributed by atoms with Crippen LogP contribution in [0.2, 0.25) is 10.0 Å². The summed E-state index contributed by atoms with van der Waals surface area (Å²) in [6, 6.07) is 11.9. The summed E-state index contributed by atoms with van der Waals surface area (Å²) in [6.07, 6.45) is 1.07. The van der Waals surface area contributed by atoms with Crippen molar-refractivity contribution in [2.75, 3.05) is 7.11 Å². The van der Waals surface area contributed by atoms with E-state index < -0.39 is 0 Å². The van der Waals surface area contributed by atoms with Gasteiger partial charge in [-0.05, 0) is 37.1 Å². The highest BCUT2D eigenvalue weighted by Crippen LogP contribution is 2.32. The van der Waals surface area contributed by atoms with Crippen molar-refractivity contribution >= 4 is 23.2 Å². The topological polar surface area (TPSA) is 30.5 Å². The lowest BCUT2D eigenvalue weighted by Crippen LogP contribution is -2.24. The first-order valence-electron chi connectivity index (χ1n) is 8.01. The van der Waals surface area contributed by atoms with Gasteiger partial charge in [-0.1, -0.05) is 48.3 Å². The van der Waals surface area contributed by atoms with Gasteiger partial charge in [0.05, 0.1) is 17.2 Å². The normalized spacial score (nSPS) is 12.0. The Kier molecular flexibility index (Phi) is 7.22. The second-order valence-electron chi connectivity index (χ2n) is 5.68. The number of hydrogen-bond donors (Lipinski definition) is 1. The van der Waals surface area contributed by atoms with Gasteiger partial charge in [0.1, 0.15) is 6.61 Å². The second-order valence-corrected chi connectivity index (χ2v) is 6.49. The van der Waals surface area contributed by atoms with Crippen molar-refractivity contribution < 1.29 is 9.47 Å². The number of rotatable bonds is 8. The predicted octanol–water partition coefficient (Wildman–Crippen LogP) is 5.47. The van der Waals surface area contributed by atoms with E-state index in [4.69, 9.17) is 32.7 Å². The van der Waals surface area contributed by atoms with Gasteiger partial charge in [-0.2, -0.15) is 0 Å². The average Bonchev–Trinajstić information content (AvgIpc) is 2.60. The third kappa shape index (κ3) is 5.04. The monoisotopic (exact) mass is 367 g/mol. The molecule has 5 heteroatoms. The molecule has 0 amide bonds. The molecule has 0 bridgehead atoms. The van der Waals surface area contributed by atoms with Gasteiger partial charge in [-0.3, -0.25) is 0 Å². The number of para-hydroxylation sites is 1. The molecule has 3 nitrogen and oxygen atoms in total. The molecular formula is C19H23Cl2NO2.